The number of nitrogens with two attached hydrogens (primary N) is 1. The summed E-state index contributed by atoms with van der Waals surface area (Å²) in [5.74, 6) is 0. The van der Waals surface area contributed by atoms with Crippen LogP contribution in [0.1, 0.15) is 5.56 Å². The van der Waals surface area contributed by atoms with E-state index in [1.807, 2.05) is 11.8 Å². The van der Waals surface area contributed by atoms with Gasteiger partial charge in [0.2, 0.25) is 0 Å². The van der Waals surface area contributed by atoms with Crippen LogP contribution in [0.25, 0.3) is 0 Å². The molecule has 1 unspecified atom stereocenters. The van der Waals surface area contributed by atoms with E-state index in [1.165, 1.54) is 23.4 Å². The molecule has 1 saturated heterocycles. The lowest BCUT2D eigenvalue weighted by atomic mass is 10.1. The highest BCUT2D eigenvalue weighted by atomic mass is 32.2. The molecule has 5 heteroatoms. The lowest BCUT2D eigenvalue weighted by Gasteiger charge is -2.35. The van der Waals surface area contributed by atoms with E-state index in [9.17, 15) is 0 Å². The standard InChI is InChI=1S/C15H21N3S2/c16-15(19)11-18-7-5-17(6-8-18)10-13-9-12-3-1-2-4-14(12)20-13/h1-4,13H,5-11H2,(H2,16,19). The molecule has 3 rings (SSSR count). The molecule has 1 atom stereocenters. The van der Waals surface area contributed by atoms with Crippen LogP contribution in [0.5, 0.6) is 0 Å². The van der Waals surface area contributed by atoms with Crippen LogP contribution in [-0.2, 0) is 6.42 Å². The Bertz CT molecular complexity index is 459. The molecule has 2 aliphatic rings. The smallest absolute Gasteiger partial charge is 0.0870 e. The average molecular weight is 307 g/mol. The number of benzene rings is 1. The zero-order valence-electron chi connectivity index (χ0n) is 11.6. The molecule has 108 valence electrons. The van der Waals surface area contributed by atoms with Crippen LogP contribution in [-0.4, -0.2) is 59.3 Å². The summed E-state index contributed by atoms with van der Waals surface area (Å²) in [7, 11) is 0. The quantitative estimate of drug-likeness (QED) is 0.855. The molecule has 0 radical (unpaired) electrons. The fourth-order valence-corrected chi connectivity index (χ4v) is 4.54. The van der Waals surface area contributed by atoms with Crippen molar-refractivity contribution in [1.29, 1.82) is 0 Å². The van der Waals surface area contributed by atoms with Crippen LogP contribution in [0, 0.1) is 0 Å². The third-order valence-corrected chi connectivity index (χ3v) is 5.45. The first kappa shape index (κ1) is 14.3. The van der Waals surface area contributed by atoms with Crippen LogP contribution in [0.15, 0.2) is 29.2 Å². The molecule has 20 heavy (non-hydrogen) atoms. The summed E-state index contributed by atoms with van der Waals surface area (Å²) < 4.78 is 0. The fourth-order valence-electron chi connectivity index (χ4n) is 2.99. The van der Waals surface area contributed by atoms with Crippen molar-refractivity contribution in [3.8, 4) is 0 Å². The van der Waals surface area contributed by atoms with Gasteiger partial charge in [-0.15, -0.1) is 11.8 Å². The molecular formula is C15H21N3S2. The lowest BCUT2D eigenvalue weighted by molar-refractivity contribution is 0.146. The third kappa shape index (κ3) is 3.52. The second-order valence-electron chi connectivity index (χ2n) is 5.59. The number of thioether (sulfide) groups is 1. The number of thiocarbonyl (C=S) groups is 1. The number of hydrogen-bond acceptors (Lipinski definition) is 4. The summed E-state index contributed by atoms with van der Waals surface area (Å²) >= 11 is 7.03. The van der Waals surface area contributed by atoms with Gasteiger partial charge < -0.3 is 5.73 Å². The normalized spacial score (nSPS) is 23.7. The number of rotatable bonds is 4. The van der Waals surface area contributed by atoms with E-state index in [0.717, 1.165) is 38.0 Å². The first-order chi connectivity index (χ1) is 9.70. The molecule has 1 aromatic rings. The van der Waals surface area contributed by atoms with E-state index < -0.39 is 0 Å². The molecule has 2 N–H and O–H groups in total. The summed E-state index contributed by atoms with van der Waals surface area (Å²) in [6.07, 6.45) is 1.22. The minimum absolute atomic E-state index is 0.611. The Morgan fingerprint density at radius 2 is 1.90 bits per heavy atom. The number of nitrogens with zero attached hydrogens (tertiary/aromatic N) is 2. The fraction of sp³-hybridized carbons (Fsp3) is 0.533. The minimum Gasteiger partial charge on any atom is -0.392 e. The molecule has 0 amide bonds. The Labute approximate surface area is 130 Å². The van der Waals surface area contributed by atoms with Gasteiger partial charge in [-0.05, 0) is 18.1 Å². The highest BCUT2D eigenvalue weighted by Crippen LogP contribution is 2.37. The zero-order valence-corrected chi connectivity index (χ0v) is 13.3. The predicted molar refractivity (Wildman–Crippen MR) is 89.5 cm³/mol. The second kappa shape index (κ2) is 6.43. The van der Waals surface area contributed by atoms with Gasteiger partial charge in [0, 0.05) is 49.4 Å². The largest absolute Gasteiger partial charge is 0.392 e. The van der Waals surface area contributed by atoms with Crippen molar-refractivity contribution >= 4 is 29.0 Å². The van der Waals surface area contributed by atoms with E-state index in [2.05, 4.69) is 34.1 Å². The topological polar surface area (TPSA) is 32.5 Å². The third-order valence-electron chi connectivity index (χ3n) is 4.02. The number of hydrogen-bond donors (Lipinski definition) is 1. The van der Waals surface area contributed by atoms with Crippen molar-refractivity contribution in [2.45, 2.75) is 16.6 Å². The Morgan fingerprint density at radius 3 is 2.60 bits per heavy atom. The van der Waals surface area contributed by atoms with E-state index in [4.69, 9.17) is 18.0 Å². The molecule has 0 saturated carbocycles. The van der Waals surface area contributed by atoms with Gasteiger partial charge in [0.25, 0.3) is 0 Å². The summed E-state index contributed by atoms with van der Waals surface area (Å²) in [4.78, 5) is 7.03. The highest BCUT2D eigenvalue weighted by molar-refractivity contribution is 8.00. The molecule has 0 aliphatic carbocycles. The maximum Gasteiger partial charge on any atom is 0.0870 e. The van der Waals surface area contributed by atoms with Gasteiger partial charge in [-0.25, -0.2) is 0 Å². The molecule has 3 nitrogen and oxygen atoms in total. The van der Waals surface area contributed by atoms with Gasteiger partial charge in [-0.1, -0.05) is 30.4 Å². The first-order valence-electron chi connectivity index (χ1n) is 7.18. The molecule has 2 aliphatic heterocycles. The zero-order chi connectivity index (χ0) is 13.9. The molecule has 0 bridgehead atoms. The predicted octanol–water partition coefficient (Wildman–Crippen LogP) is 1.61. The Balaban J connectivity index is 1.46. The van der Waals surface area contributed by atoms with E-state index >= 15 is 0 Å². The van der Waals surface area contributed by atoms with Gasteiger partial charge >= 0.3 is 0 Å². The molecule has 1 aromatic carbocycles. The molecule has 0 spiro atoms. The summed E-state index contributed by atoms with van der Waals surface area (Å²) in [6, 6.07) is 8.81. The summed E-state index contributed by atoms with van der Waals surface area (Å²) in [5, 5.41) is 0.717. The van der Waals surface area contributed by atoms with Crippen molar-refractivity contribution in [3.05, 3.63) is 29.8 Å². The van der Waals surface area contributed by atoms with E-state index in [-0.39, 0.29) is 0 Å². The van der Waals surface area contributed by atoms with Crippen molar-refractivity contribution < 1.29 is 0 Å². The second-order valence-corrected chi connectivity index (χ2v) is 7.46. The number of piperazine rings is 1. The maximum absolute atomic E-state index is 5.61. The van der Waals surface area contributed by atoms with Crippen molar-refractivity contribution in [2.75, 3.05) is 39.3 Å². The maximum atomic E-state index is 5.61. The SMILES string of the molecule is NC(=S)CN1CCN(CC2Cc3ccccc3S2)CC1. The highest BCUT2D eigenvalue weighted by Gasteiger charge is 2.25. The van der Waals surface area contributed by atoms with Crippen LogP contribution in [0.4, 0.5) is 0 Å². The Kier molecular flexibility index (Phi) is 4.61. The molecule has 2 heterocycles. The number of fused-ring (bicyclic) bond motifs is 1. The van der Waals surface area contributed by atoms with Gasteiger partial charge in [0.15, 0.2) is 0 Å². The van der Waals surface area contributed by atoms with Gasteiger partial charge in [-0.2, -0.15) is 0 Å². The van der Waals surface area contributed by atoms with Crippen molar-refractivity contribution in [2.24, 2.45) is 5.73 Å². The van der Waals surface area contributed by atoms with Crippen molar-refractivity contribution in [3.63, 3.8) is 0 Å². The lowest BCUT2D eigenvalue weighted by Crippen LogP contribution is -2.49. The molecule has 0 aromatic heterocycles. The van der Waals surface area contributed by atoms with Crippen LogP contribution >= 0.6 is 24.0 Å². The molecule has 1 fully saturated rings. The minimum atomic E-state index is 0.611. The summed E-state index contributed by atoms with van der Waals surface area (Å²) in [6.45, 7) is 6.41. The van der Waals surface area contributed by atoms with Gasteiger partial charge in [-0.3, -0.25) is 9.80 Å². The Morgan fingerprint density at radius 1 is 1.20 bits per heavy atom. The van der Waals surface area contributed by atoms with Crippen LogP contribution < -0.4 is 5.73 Å². The van der Waals surface area contributed by atoms with E-state index in [0.29, 0.717) is 4.99 Å². The first-order valence-corrected chi connectivity index (χ1v) is 8.47. The summed E-state index contributed by atoms with van der Waals surface area (Å²) in [5.41, 5.74) is 7.13. The monoisotopic (exact) mass is 307 g/mol. The Hall–Kier alpha value is -0.620. The molecular weight excluding hydrogens is 286 g/mol. The van der Waals surface area contributed by atoms with Gasteiger partial charge in [0.1, 0.15) is 0 Å². The van der Waals surface area contributed by atoms with Crippen molar-refractivity contribution in [1.82, 2.24) is 9.80 Å². The van der Waals surface area contributed by atoms with Crippen LogP contribution in [0.2, 0.25) is 0 Å². The van der Waals surface area contributed by atoms with E-state index in [1.54, 1.807) is 0 Å². The average Bonchev–Trinajstić information content (AvgIpc) is 2.82. The van der Waals surface area contributed by atoms with Gasteiger partial charge in [0.05, 0.1) is 4.99 Å². The van der Waals surface area contributed by atoms with Crippen LogP contribution in [0.3, 0.4) is 0 Å².